The number of fused-ring (bicyclic) bond motifs is 2. The molecule has 2 heterocycles. The van der Waals surface area contributed by atoms with Crippen molar-refractivity contribution in [1.29, 1.82) is 0 Å². The molecule has 0 bridgehead atoms. The van der Waals surface area contributed by atoms with Crippen molar-refractivity contribution < 1.29 is 19.1 Å². The van der Waals surface area contributed by atoms with Crippen LogP contribution in [-0.4, -0.2) is 41.0 Å². The quantitative estimate of drug-likeness (QED) is 0.760. The first kappa shape index (κ1) is 21.2. The van der Waals surface area contributed by atoms with E-state index in [0.29, 0.717) is 22.0 Å². The van der Waals surface area contributed by atoms with Gasteiger partial charge in [-0.25, -0.2) is 0 Å². The Morgan fingerprint density at radius 2 is 1.87 bits per heavy atom. The first-order chi connectivity index (χ1) is 14.8. The Morgan fingerprint density at radius 1 is 1.16 bits per heavy atom. The molecule has 0 fully saturated rings. The molecular formula is C21H19ClN4O4S. The Kier molecular flexibility index (Phi) is 5.63. The number of anilines is 1. The van der Waals surface area contributed by atoms with Crippen LogP contribution in [0, 0.1) is 0 Å². The number of thioether (sulfide) groups is 1. The molecule has 2 aromatic rings. The van der Waals surface area contributed by atoms with Gasteiger partial charge in [0.1, 0.15) is 12.4 Å². The molecule has 160 valence electrons. The second-order valence-corrected chi connectivity index (χ2v) is 8.50. The number of rotatable bonds is 4. The number of hydrogen-bond donors (Lipinski definition) is 1. The summed E-state index contributed by atoms with van der Waals surface area (Å²) in [6.07, 6.45) is 0. The van der Waals surface area contributed by atoms with Gasteiger partial charge in [0.15, 0.2) is 5.17 Å². The van der Waals surface area contributed by atoms with Crippen molar-refractivity contribution in [1.82, 2.24) is 10.3 Å². The van der Waals surface area contributed by atoms with E-state index in [9.17, 15) is 14.4 Å². The summed E-state index contributed by atoms with van der Waals surface area (Å²) in [6, 6.07) is 14.3. The number of hydrazone groups is 1. The molecule has 3 amide bonds. The zero-order chi connectivity index (χ0) is 22.2. The van der Waals surface area contributed by atoms with E-state index >= 15 is 0 Å². The molecule has 0 unspecified atom stereocenters. The predicted molar refractivity (Wildman–Crippen MR) is 119 cm³/mol. The van der Waals surface area contributed by atoms with E-state index in [4.69, 9.17) is 16.3 Å². The molecule has 0 saturated carbocycles. The molecule has 4 rings (SSSR count). The van der Waals surface area contributed by atoms with E-state index in [0.717, 1.165) is 16.8 Å². The minimum absolute atomic E-state index is 0.194. The van der Waals surface area contributed by atoms with Crippen LogP contribution in [0.4, 0.5) is 5.69 Å². The highest BCUT2D eigenvalue weighted by Crippen LogP contribution is 2.54. The van der Waals surface area contributed by atoms with Gasteiger partial charge in [-0.15, -0.1) is 5.10 Å². The largest absolute Gasteiger partial charge is 0.490 e. The van der Waals surface area contributed by atoms with Gasteiger partial charge >= 0.3 is 0 Å². The highest BCUT2D eigenvalue weighted by Gasteiger charge is 2.61. The molecule has 1 atom stereocenters. The van der Waals surface area contributed by atoms with E-state index in [-0.39, 0.29) is 30.1 Å². The molecule has 1 spiro atoms. The number of para-hydroxylation sites is 2. The standard InChI is InChI=1S/C21H19ClN4O4S/c1-13(27)23-20-24-26(14(2)28)21(31-20)15-7-3-5-9-17(15)25(19(21)29)11-12-30-18-10-6-4-8-16(18)22/h3-10H,11-12H2,1-2H3,(H,23,24,27)/t21-/m0/s1. The fourth-order valence-corrected chi connectivity index (χ4v) is 5.12. The first-order valence-electron chi connectivity index (χ1n) is 9.49. The van der Waals surface area contributed by atoms with Crippen molar-refractivity contribution in [3.63, 3.8) is 0 Å². The molecule has 0 saturated heterocycles. The molecule has 2 aliphatic heterocycles. The predicted octanol–water partition coefficient (Wildman–Crippen LogP) is 2.92. The summed E-state index contributed by atoms with van der Waals surface area (Å²) >= 11 is 7.18. The third-order valence-corrected chi connectivity index (χ3v) is 6.37. The maximum absolute atomic E-state index is 13.7. The van der Waals surface area contributed by atoms with Crippen LogP contribution in [-0.2, 0) is 19.3 Å². The third kappa shape index (κ3) is 3.64. The van der Waals surface area contributed by atoms with Gasteiger partial charge < -0.3 is 15.0 Å². The second-order valence-electron chi connectivity index (χ2n) is 6.92. The number of amides is 3. The summed E-state index contributed by atoms with van der Waals surface area (Å²) in [5.41, 5.74) is 1.29. The normalized spacial score (nSPS) is 19.5. The van der Waals surface area contributed by atoms with Crippen molar-refractivity contribution in [3.8, 4) is 5.75 Å². The van der Waals surface area contributed by atoms with Gasteiger partial charge in [-0.1, -0.05) is 41.9 Å². The number of amidine groups is 1. The van der Waals surface area contributed by atoms with Crippen molar-refractivity contribution in [2.75, 3.05) is 18.1 Å². The van der Waals surface area contributed by atoms with Gasteiger partial charge in [-0.2, -0.15) is 5.01 Å². The van der Waals surface area contributed by atoms with Crippen LogP contribution in [0.25, 0.3) is 0 Å². The molecule has 1 N–H and O–H groups in total. The maximum Gasteiger partial charge on any atom is 0.270 e. The van der Waals surface area contributed by atoms with Crippen molar-refractivity contribution in [3.05, 3.63) is 59.1 Å². The Hall–Kier alpha value is -3.04. The molecular weight excluding hydrogens is 440 g/mol. The molecule has 2 aromatic carbocycles. The highest BCUT2D eigenvalue weighted by molar-refractivity contribution is 8.15. The number of benzene rings is 2. The van der Waals surface area contributed by atoms with Gasteiger partial charge in [0.25, 0.3) is 5.91 Å². The number of nitrogens with one attached hydrogen (secondary N) is 1. The number of nitrogens with zero attached hydrogens (tertiary/aromatic N) is 3. The minimum atomic E-state index is -1.41. The van der Waals surface area contributed by atoms with Crippen LogP contribution in [0.15, 0.2) is 53.6 Å². The Morgan fingerprint density at radius 3 is 2.58 bits per heavy atom. The summed E-state index contributed by atoms with van der Waals surface area (Å²) < 4.78 is 5.76. The van der Waals surface area contributed by atoms with E-state index in [1.165, 1.54) is 13.8 Å². The molecule has 2 aliphatic rings. The lowest BCUT2D eigenvalue weighted by Gasteiger charge is -2.29. The van der Waals surface area contributed by atoms with Crippen molar-refractivity contribution >= 4 is 51.9 Å². The second kappa shape index (κ2) is 8.24. The molecule has 0 radical (unpaired) electrons. The van der Waals surface area contributed by atoms with Crippen LogP contribution in [0.2, 0.25) is 5.02 Å². The molecule has 0 aromatic heterocycles. The first-order valence-corrected chi connectivity index (χ1v) is 10.7. The summed E-state index contributed by atoms with van der Waals surface area (Å²) in [5.74, 6) is -0.558. The van der Waals surface area contributed by atoms with Gasteiger partial charge in [0, 0.05) is 19.4 Å². The van der Waals surface area contributed by atoms with Crippen LogP contribution in [0.3, 0.4) is 0 Å². The third-order valence-electron chi connectivity index (χ3n) is 4.82. The van der Waals surface area contributed by atoms with Crippen LogP contribution >= 0.6 is 23.4 Å². The van der Waals surface area contributed by atoms with Crippen molar-refractivity contribution in [2.45, 2.75) is 18.7 Å². The fraction of sp³-hybridized carbons (Fsp3) is 0.238. The highest BCUT2D eigenvalue weighted by atomic mass is 35.5. The summed E-state index contributed by atoms with van der Waals surface area (Å²) in [6.45, 7) is 3.12. The minimum Gasteiger partial charge on any atom is -0.490 e. The maximum atomic E-state index is 13.7. The summed E-state index contributed by atoms with van der Waals surface area (Å²) in [7, 11) is 0. The molecule has 8 nitrogen and oxygen atoms in total. The van der Waals surface area contributed by atoms with E-state index in [1.807, 2.05) is 18.2 Å². The van der Waals surface area contributed by atoms with Gasteiger partial charge in [0.05, 0.1) is 17.3 Å². The number of carbonyl (C=O) groups excluding carboxylic acids is 3. The lowest BCUT2D eigenvalue weighted by molar-refractivity contribution is -0.139. The number of ether oxygens (including phenoxy) is 1. The van der Waals surface area contributed by atoms with E-state index in [1.54, 1.807) is 35.2 Å². The van der Waals surface area contributed by atoms with E-state index < -0.39 is 10.8 Å². The average molecular weight is 459 g/mol. The summed E-state index contributed by atoms with van der Waals surface area (Å²) in [4.78, 5) is 37.8. The lowest BCUT2D eigenvalue weighted by Crippen LogP contribution is -2.49. The smallest absolute Gasteiger partial charge is 0.270 e. The number of halogens is 1. The zero-order valence-corrected chi connectivity index (χ0v) is 18.4. The van der Waals surface area contributed by atoms with Gasteiger partial charge in [0.2, 0.25) is 16.7 Å². The summed E-state index contributed by atoms with van der Waals surface area (Å²) in [5, 5.41) is 8.62. The SMILES string of the molecule is CC(=O)NC1=NN(C(C)=O)[C@@]2(S1)C(=O)N(CCOc1ccccc1Cl)c1ccccc12. The lowest BCUT2D eigenvalue weighted by atomic mass is 10.1. The number of hydrogen-bond acceptors (Lipinski definition) is 6. The molecule has 10 heteroatoms. The van der Waals surface area contributed by atoms with Gasteiger partial charge in [-0.3, -0.25) is 14.4 Å². The zero-order valence-electron chi connectivity index (χ0n) is 16.8. The average Bonchev–Trinajstić information content (AvgIpc) is 3.21. The molecule has 0 aliphatic carbocycles. The van der Waals surface area contributed by atoms with Gasteiger partial charge in [-0.05, 0) is 30.0 Å². The Bertz CT molecular complexity index is 1110. The van der Waals surface area contributed by atoms with Crippen LogP contribution in [0.5, 0.6) is 5.75 Å². The Balaban J connectivity index is 1.64. The van der Waals surface area contributed by atoms with Crippen molar-refractivity contribution in [2.24, 2.45) is 5.10 Å². The van der Waals surface area contributed by atoms with Crippen LogP contribution < -0.4 is 15.0 Å². The topological polar surface area (TPSA) is 91.3 Å². The van der Waals surface area contributed by atoms with Crippen LogP contribution in [0.1, 0.15) is 19.4 Å². The van der Waals surface area contributed by atoms with E-state index in [2.05, 4.69) is 10.4 Å². The molecule has 31 heavy (non-hydrogen) atoms. The fourth-order valence-electron chi connectivity index (χ4n) is 3.60. The monoisotopic (exact) mass is 458 g/mol. The number of carbonyl (C=O) groups is 3. The Labute approximate surface area is 188 Å².